The first-order valence-corrected chi connectivity index (χ1v) is 5.70. The highest BCUT2D eigenvalue weighted by molar-refractivity contribution is 5.77. The average Bonchev–Trinajstić information content (AvgIpc) is 3.03. The van der Waals surface area contributed by atoms with Crippen molar-refractivity contribution in [2.75, 3.05) is 0 Å². The van der Waals surface area contributed by atoms with E-state index in [4.69, 9.17) is 4.52 Å². The van der Waals surface area contributed by atoms with E-state index in [0.29, 0.717) is 16.6 Å². The largest absolute Gasteiger partial charge is 0.389 e. The molecule has 0 atom stereocenters. The number of aromatic nitrogens is 5. The van der Waals surface area contributed by atoms with Crippen LogP contribution in [0.15, 0.2) is 23.0 Å². The van der Waals surface area contributed by atoms with Crippen LogP contribution in [0.3, 0.4) is 0 Å². The third-order valence-corrected chi connectivity index (χ3v) is 2.64. The summed E-state index contributed by atoms with van der Waals surface area (Å²) < 4.78 is 41.2. The summed E-state index contributed by atoms with van der Waals surface area (Å²) in [5.74, 6) is 0.146. The molecule has 0 aliphatic carbocycles. The smallest absolute Gasteiger partial charge is 0.334 e. The molecule has 1 N–H and O–H groups in total. The second-order valence-corrected chi connectivity index (χ2v) is 4.16. The molecule has 9 heteroatoms. The highest BCUT2D eigenvalue weighted by Gasteiger charge is 2.27. The van der Waals surface area contributed by atoms with E-state index in [0.717, 1.165) is 0 Å². The van der Waals surface area contributed by atoms with Gasteiger partial charge in [-0.25, -0.2) is 0 Å². The molecule has 6 nitrogen and oxygen atoms in total. The first-order valence-electron chi connectivity index (χ1n) is 5.70. The third kappa shape index (κ3) is 2.60. The molecule has 104 valence electrons. The van der Waals surface area contributed by atoms with Crippen LogP contribution < -0.4 is 0 Å². The Morgan fingerprint density at radius 2 is 2.10 bits per heavy atom. The summed E-state index contributed by atoms with van der Waals surface area (Å²) in [5.41, 5.74) is 1.87. The van der Waals surface area contributed by atoms with Gasteiger partial charge in [-0.1, -0.05) is 5.16 Å². The number of pyridine rings is 1. The second-order valence-electron chi connectivity index (χ2n) is 4.16. The quantitative estimate of drug-likeness (QED) is 0.798. The Kier molecular flexibility index (Phi) is 2.88. The third-order valence-electron chi connectivity index (χ3n) is 2.64. The van der Waals surface area contributed by atoms with Gasteiger partial charge >= 0.3 is 6.18 Å². The predicted octanol–water partition coefficient (Wildman–Crippen LogP) is 2.50. The van der Waals surface area contributed by atoms with Gasteiger partial charge in [0.1, 0.15) is 5.52 Å². The normalized spacial score (nSPS) is 12.2. The number of halogens is 3. The molecule has 0 fully saturated rings. The summed E-state index contributed by atoms with van der Waals surface area (Å²) >= 11 is 0. The van der Waals surface area contributed by atoms with E-state index in [1.807, 2.05) is 0 Å². The summed E-state index contributed by atoms with van der Waals surface area (Å²) in [7, 11) is 0. The number of nitrogens with zero attached hydrogens (tertiary/aromatic N) is 4. The van der Waals surface area contributed by atoms with Crippen LogP contribution >= 0.6 is 0 Å². The van der Waals surface area contributed by atoms with E-state index in [2.05, 4.69) is 25.3 Å². The average molecular weight is 283 g/mol. The Bertz CT molecular complexity index is 733. The molecule has 0 amide bonds. The minimum atomic E-state index is -4.24. The van der Waals surface area contributed by atoms with Gasteiger partial charge in [-0.2, -0.15) is 23.3 Å². The summed E-state index contributed by atoms with van der Waals surface area (Å²) in [6, 6.07) is 1.69. The lowest BCUT2D eigenvalue weighted by atomic mass is 10.2. The predicted molar refractivity (Wildman–Crippen MR) is 61.6 cm³/mol. The Balaban J connectivity index is 1.82. The van der Waals surface area contributed by atoms with Gasteiger partial charge < -0.3 is 4.52 Å². The van der Waals surface area contributed by atoms with E-state index >= 15 is 0 Å². The van der Waals surface area contributed by atoms with Crippen molar-refractivity contribution in [1.29, 1.82) is 0 Å². The van der Waals surface area contributed by atoms with Gasteiger partial charge in [-0.05, 0) is 6.07 Å². The molecular formula is C11H8F3N5O. The summed E-state index contributed by atoms with van der Waals surface area (Å²) in [6.45, 7) is 0. The maximum atomic E-state index is 12.1. The maximum absolute atomic E-state index is 12.1. The minimum Gasteiger partial charge on any atom is -0.334 e. The molecule has 0 aromatic carbocycles. The van der Waals surface area contributed by atoms with Gasteiger partial charge in [0, 0.05) is 12.6 Å². The van der Waals surface area contributed by atoms with Gasteiger partial charge in [-0.15, -0.1) is 0 Å². The number of alkyl halides is 3. The number of aryl methyl sites for hydroxylation is 1. The van der Waals surface area contributed by atoms with Crippen molar-refractivity contribution < 1.29 is 17.7 Å². The molecule has 0 spiro atoms. The van der Waals surface area contributed by atoms with Crippen LogP contribution in [0.1, 0.15) is 12.2 Å². The highest BCUT2D eigenvalue weighted by Crippen LogP contribution is 2.23. The summed E-state index contributed by atoms with van der Waals surface area (Å²) in [4.78, 5) is 8.03. The van der Waals surface area contributed by atoms with Crippen LogP contribution in [0.4, 0.5) is 13.2 Å². The number of fused-ring (bicyclic) bond motifs is 1. The lowest BCUT2D eigenvalue weighted by Crippen LogP contribution is -2.09. The van der Waals surface area contributed by atoms with Crippen molar-refractivity contribution in [1.82, 2.24) is 25.3 Å². The first-order chi connectivity index (χ1) is 9.51. The van der Waals surface area contributed by atoms with Crippen LogP contribution in [0.5, 0.6) is 0 Å². The fourth-order valence-corrected chi connectivity index (χ4v) is 1.67. The fraction of sp³-hybridized carbons (Fsp3) is 0.273. The molecule has 0 aliphatic rings. The zero-order valence-electron chi connectivity index (χ0n) is 9.98. The Morgan fingerprint density at radius 3 is 2.90 bits per heavy atom. The van der Waals surface area contributed by atoms with Crippen molar-refractivity contribution >= 4 is 11.0 Å². The molecule has 0 saturated carbocycles. The molecule has 0 bridgehead atoms. The topological polar surface area (TPSA) is 80.5 Å². The van der Waals surface area contributed by atoms with Gasteiger partial charge in [0.15, 0.2) is 5.82 Å². The standard InChI is InChI=1S/C11H8F3N5O/c12-11(13,14)2-1-9-17-10(20-19-9)6-3-7-8(15-4-6)5-16-18-7/h3-5H,1-2H2,(H,16,18). The van der Waals surface area contributed by atoms with Gasteiger partial charge in [0.25, 0.3) is 5.89 Å². The van der Waals surface area contributed by atoms with Crippen LogP contribution in [0.2, 0.25) is 0 Å². The van der Waals surface area contributed by atoms with Gasteiger partial charge in [0.2, 0.25) is 0 Å². The number of hydrogen-bond donors (Lipinski definition) is 1. The van der Waals surface area contributed by atoms with E-state index in [1.165, 1.54) is 6.20 Å². The van der Waals surface area contributed by atoms with Crippen LogP contribution in [-0.4, -0.2) is 31.5 Å². The maximum Gasteiger partial charge on any atom is 0.389 e. The Morgan fingerprint density at radius 1 is 1.25 bits per heavy atom. The highest BCUT2D eigenvalue weighted by atomic mass is 19.4. The Hall–Kier alpha value is -2.45. The molecule has 0 aliphatic heterocycles. The second kappa shape index (κ2) is 4.58. The molecular weight excluding hydrogens is 275 g/mol. The van der Waals surface area contributed by atoms with Gasteiger partial charge in [-0.3, -0.25) is 10.1 Å². The molecule has 3 heterocycles. The van der Waals surface area contributed by atoms with Crippen LogP contribution in [0, 0.1) is 0 Å². The molecule has 3 aromatic heterocycles. The van der Waals surface area contributed by atoms with Crippen molar-refractivity contribution in [3.05, 3.63) is 24.3 Å². The Labute approximate surface area is 110 Å². The van der Waals surface area contributed by atoms with Crippen molar-refractivity contribution in [3.8, 4) is 11.5 Å². The summed E-state index contributed by atoms with van der Waals surface area (Å²) in [6.07, 6.45) is -2.48. The van der Waals surface area contributed by atoms with Crippen molar-refractivity contribution in [2.45, 2.75) is 19.0 Å². The lowest BCUT2D eigenvalue weighted by Gasteiger charge is -2.01. The summed E-state index contributed by atoms with van der Waals surface area (Å²) in [5, 5.41) is 10.1. The molecule has 0 saturated heterocycles. The zero-order chi connectivity index (χ0) is 14.2. The molecule has 0 radical (unpaired) electrons. The number of nitrogens with one attached hydrogen (secondary N) is 1. The van der Waals surface area contributed by atoms with Crippen LogP contribution in [-0.2, 0) is 6.42 Å². The van der Waals surface area contributed by atoms with E-state index in [1.54, 1.807) is 12.3 Å². The molecule has 20 heavy (non-hydrogen) atoms. The van der Waals surface area contributed by atoms with Crippen molar-refractivity contribution in [2.24, 2.45) is 0 Å². The molecule has 3 aromatic rings. The first kappa shape index (κ1) is 12.6. The SMILES string of the molecule is FC(F)(F)CCc1noc(-c2cnc3cn[nH]c3c2)n1. The van der Waals surface area contributed by atoms with E-state index < -0.39 is 12.6 Å². The van der Waals surface area contributed by atoms with Crippen molar-refractivity contribution in [3.63, 3.8) is 0 Å². The number of rotatable bonds is 3. The molecule has 0 unspecified atom stereocenters. The lowest BCUT2D eigenvalue weighted by molar-refractivity contribution is -0.134. The van der Waals surface area contributed by atoms with E-state index in [9.17, 15) is 13.2 Å². The fourth-order valence-electron chi connectivity index (χ4n) is 1.67. The monoisotopic (exact) mass is 283 g/mol. The minimum absolute atomic E-state index is 0.0158. The van der Waals surface area contributed by atoms with E-state index in [-0.39, 0.29) is 18.1 Å². The number of hydrogen-bond acceptors (Lipinski definition) is 5. The van der Waals surface area contributed by atoms with Crippen LogP contribution in [0.25, 0.3) is 22.5 Å². The number of aromatic amines is 1. The molecule has 3 rings (SSSR count). The number of H-pyrrole nitrogens is 1. The zero-order valence-corrected chi connectivity index (χ0v) is 9.98. The van der Waals surface area contributed by atoms with Gasteiger partial charge in [0.05, 0.1) is 23.7 Å².